The minimum absolute atomic E-state index is 0.128. The molecule has 2 fully saturated rings. The van der Waals surface area contributed by atoms with Crippen molar-refractivity contribution >= 4 is 5.91 Å². The summed E-state index contributed by atoms with van der Waals surface area (Å²) in [5, 5.41) is 13.6. The van der Waals surface area contributed by atoms with Crippen molar-refractivity contribution in [1.29, 1.82) is 0 Å². The van der Waals surface area contributed by atoms with Crippen LogP contribution < -0.4 is 10.1 Å². The number of benzene rings is 1. The maximum absolute atomic E-state index is 12.8. The first-order valence-electron chi connectivity index (χ1n) is 11.0. The van der Waals surface area contributed by atoms with Crippen LogP contribution in [0.5, 0.6) is 5.75 Å². The Hall–Kier alpha value is -1.85. The van der Waals surface area contributed by atoms with Gasteiger partial charge < -0.3 is 19.9 Å². The molecule has 2 aliphatic rings. The average molecular weight is 402 g/mol. The molecule has 3 rings (SSSR count). The van der Waals surface area contributed by atoms with E-state index >= 15 is 0 Å². The second-order valence-corrected chi connectivity index (χ2v) is 8.54. The zero-order valence-corrected chi connectivity index (χ0v) is 17.6. The standard InChI is InChI=1S/C24H35NO4/c1-3-22(20-8-12-24(27,4-2)17-20)25-23(26)19-6-5-7-21(16-19)29-15-11-18-9-13-28-14-10-18/h3,5-7,16,18,20,22,27H,1,4,8-15,17H2,2H3,(H,25,26). The molecule has 1 heterocycles. The van der Waals surface area contributed by atoms with Gasteiger partial charge in [0.15, 0.2) is 0 Å². The Bertz CT molecular complexity index is 685. The molecule has 0 aromatic heterocycles. The Morgan fingerprint density at radius 3 is 2.90 bits per heavy atom. The molecule has 5 nitrogen and oxygen atoms in total. The highest BCUT2D eigenvalue weighted by atomic mass is 16.5. The molecule has 1 amide bonds. The van der Waals surface area contributed by atoms with Crippen LogP contribution in [0.3, 0.4) is 0 Å². The quantitative estimate of drug-likeness (QED) is 0.611. The number of carbonyl (C=O) groups excluding carboxylic acids is 1. The fraction of sp³-hybridized carbons (Fsp3) is 0.625. The van der Waals surface area contributed by atoms with Gasteiger partial charge in [-0.1, -0.05) is 19.1 Å². The third kappa shape index (κ3) is 6.06. The van der Waals surface area contributed by atoms with E-state index < -0.39 is 5.60 Å². The summed E-state index contributed by atoms with van der Waals surface area (Å²) in [4.78, 5) is 12.8. The SMILES string of the molecule is C=CC(NC(=O)c1cccc(OCCC2CCOCC2)c1)C1CCC(O)(CC)C1. The van der Waals surface area contributed by atoms with Crippen LogP contribution in [0.1, 0.15) is 62.2 Å². The van der Waals surface area contributed by atoms with Gasteiger partial charge in [-0.3, -0.25) is 4.79 Å². The smallest absolute Gasteiger partial charge is 0.251 e. The Morgan fingerprint density at radius 1 is 1.41 bits per heavy atom. The van der Waals surface area contributed by atoms with E-state index in [1.807, 2.05) is 19.1 Å². The molecule has 1 saturated heterocycles. The topological polar surface area (TPSA) is 67.8 Å². The van der Waals surface area contributed by atoms with E-state index in [-0.39, 0.29) is 17.9 Å². The number of ether oxygens (including phenoxy) is 2. The van der Waals surface area contributed by atoms with Crippen LogP contribution in [0.15, 0.2) is 36.9 Å². The third-order valence-corrected chi connectivity index (χ3v) is 6.57. The fourth-order valence-corrected chi connectivity index (χ4v) is 4.48. The molecule has 0 radical (unpaired) electrons. The number of hydrogen-bond donors (Lipinski definition) is 2. The highest BCUT2D eigenvalue weighted by molar-refractivity contribution is 5.94. The molecule has 3 unspecified atom stereocenters. The lowest BCUT2D eigenvalue weighted by atomic mass is 9.93. The van der Waals surface area contributed by atoms with Gasteiger partial charge in [0.2, 0.25) is 0 Å². The summed E-state index contributed by atoms with van der Waals surface area (Å²) >= 11 is 0. The van der Waals surface area contributed by atoms with Crippen molar-refractivity contribution in [2.75, 3.05) is 19.8 Å². The average Bonchev–Trinajstić information content (AvgIpc) is 3.15. The molecule has 1 aromatic carbocycles. The van der Waals surface area contributed by atoms with Gasteiger partial charge in [0, 0.05) is 18.8 Å². The van der Waals surface area contributed by atoms with E-state index in [4.69, 9.17) is 9.47 Å². The van der Waals surface area contributed by atoms with Gasteiger partial charge in [-0.05, 0) is 75.0 Å². The molecule has 3 atom stereocenters. The summed E-state index contributed by atoms with van der Waals surface area (Å²) in [7, 11) is 0. The van der Waals surface area contributed by atoms with Gasteiger partial charge in [0.05, 0.1) is 18.2 Å². The van der Waals surface area contributed by atoms with Gasteiger partial charge in [-0.15, -0.1) is 6.58 Å². The van der Waals surface area contributed by atoms with E-state index in [1.165, 1.54) is 0 Å². The van der Waals surface area contributed by atoms with E-state index in [1.54, 1.807) is 18.2 Å². The maximum Gasteiger partial charge on any atom is 0.251 e. The minimum Gasteiger partial charge on any atom is -0.494 e. The predicted molar refractivity (Wildman–Crippen MR) is 114 cm³/mol. The molecular formula is C24H35NO4. The highest BCUT2D eigenvalue weighted by Crippen LogP contribution is 2.38. The van der Waals surface area contributed by atoms with Crippen molar-refractivity contribution in [1.82, 2.24) is 5.32 Å². The van der Waals surface area contributed by atoms with E-state index in [9.17, 15) is 9.90 Å². The molecule has 1 aliphatic heterocycles. The zero-order chi connectivity index (χ0) is 20.7. The number of aliphatic hydroxyl groups is 1. The van der Waals surface area contributed by atoms with Crippen LogP contribution in [-0.2, 0) is 4.74 Å². The van der Waals surface area contributed by atoms with Gasteiger partial charge in [0.25, 0.3) is 5.91 Å². The normalized spacial score (nSPS) is 26.1. The molecule has 2 N–H and O–H groups in total. The molecule has 1 aliphatic carbocycles. The Morgan fingerprint density at radius 2 is 2.21 bits per heavy atom. The van der Waals surface area contributed by atoms with Crippen molar-refractivity contribution in [3.63, 3.8) is 0 Å². The fourth-order valence-electron chi connectivity index (χ4n) is 4.48. The molecule has 5 heteroatoms. The monoisotopic (exact) mass is 401 g/mol. The Balaban J connectivity index is 1.52. The molecular weight excluding hydrogens is 366 g/mol. The molecule has 0 spiro atoms. The van der Waals surface area contributed by atoms with Gasteiger partial charge in [-0.2, -0.15) is 0 Å². The number of carbonyl (C=O) groups is 1. The zero-order valence-electron chi connectivity index (χ0n) is 17.6. The summed E-state index contributed by atoms with van der Waals surface area (Å²) < 4.78 is 11.3. The Kier molecular flexibility index (Phi) is 7.73. The molecule has 0 bridgehead atoms. The summed E-state index contributed by atoms with van der Waals surface area (Å²) in [6.45, 7) is 8.26. The lowest BCUT2D eigenvalue weighted by Gasteiger charge is -2.24. The van der Waals surface area contributed by atoms with Crippen LogP contribution in [0.25, 0.3) is 0 Å². The van der Waals surface area contributed by atoms with Gasteiger partial charge in [0.1, 0.15) is 5.75 Å². The first-order chi connectivity index (χ1) is 14.0. The van der Waals surface area contributed by atoms with Crippen LogP contribution in [0.4, 0.5) is 0 Å². The molecule has 1 aromatic rings. The van der Waals surface area contributed by atoms with Crippen molar-refractivity contribution in [2.45, 2.75) is 63.5 Å². The van der Waals surface area contributed by atoms with Crippen molar-refractivity contribution in [3.05, 3.63) is 42.5 Å². The molecule has 1 saturated carbocycles. The second kappa shape index (κ2) is 10.3. The lowest BCUT2D eigenvalue weighted by molar-refractivity contribution is 0.0382. The van der Waals surface area contributed by atoms with Crippen LogP contribution in [-0.4, -0.2) is 42.5 Å². The van der Waals surface area contributed by atoms with E-state index in [0.29, 0.717) is 24.5 Å². The number of amides is 1. The summed E-state index contributed by atoms with van der Waals surface area (Å²) in [5.41, 5.74) is -0.0151. The third-order valence-electron chi connectivity index (χ3n) is 6.57. The molecule has 29 heavy (non-hydrogen) atoms. The first-order valence-corrected chi connectivity index (χ1v) is 11.0. The van der Waals surface area contributed by atoms with Gasteiger partial charge in [-0.25, -0.2) is 0 Å². The summed E-state index contributed by atoms with van der Waals surface area (Å²) in [5.74, 6) is 1.48. The number of hydrogen-bond acceptors (Lipinski definition) is 4. The van der Waals surface area contributed by atoms with Crippen LogP contribution >= 0.6 is 0 Å². The first kappa shape index (κ1) is 21.8. The minimum atomic E-state index is -0.602. The molecule has 160 valence electrons. The van der Waals surface area contributed by atoms with Gasteiger partial charge >= 0.3 is 0 Å². The Labute approximate surface area is 174 Å². The second-order valence-electron chi connectivity index (χ2n) is 8.54. The predicted octanol–water partition coefficient (Wildman–Crippen LogP) is 4.11. The summed E-state index contributed by atoms with van der Waals surface area (Å²) in [6.07, 6.45) is 8.14. The van der Waals surface area contributed by atoms with Crippen LogP contribution in [0, 0.1) is 11.8 Å². The van der Waals surface area contributed by atoms with Crippen LogP contribution in [0.2, 0.25) is 0 Å². The lowest BCUT2D eigenvalue weighted by Crippen LogP contribution is -2.39. The van der Waals surface area contributed by atoms with E-state index in [0.717, 1.165) is 57.5 Å². The summed E-state index contributed by atoms with van der Waals surface area (Å²) in [6, 6.07) is 7.21. The maximum atomic E-state index is 12.8. The van der Waals surface area contributed by atoms with Crippen molar-refractivity contribution in [3.8, 4) is 5.75 Å². The van der Waals surface area contributed by atoms with Crippen molar-refractivity contribution in [2.24, 2.45) is 11.8 Å². The number of rotatable bonds is 9. The van der Waals surface area contributed by atoms with Crippen molar-refractivity contribution < 1.29 is 19.4 Å². The largest absolute Gasteiger partial charge is 0.494 e. The van der Waals surface area contributed by atoms with E-state index in [2.05, 4.69) is 11.9 Å². The highest BCUT2D eigenvalue weighted by Gasteiger charge is 2.38. The number of nitrogens with one attached hydrogen (secondary N) is 1.